The first-order valence-electron chi connectivity index (χ1n) is 8.03. The number of hydrogen-bond acceptors (Lipinski definition) is 3. The number of aromatic nitrogens is 2. The van der Waals surface area contributed by atoms with Gasteiger partial charge in [-0.15, -0.1) is 0 Å². The second-order valence-corrected chi connectivity index (χ2v) is 6.72. The van der Waals surface area contributed by atoms with E-state index in [-0.39, 0.29) is 0 Å². The lowest BCUT2D eigenvalue weighted by Crippen LogP contribution is -2.06. The van der Waals surface area contributed by atoms with Gasteiger partial charge < -0.3 is 4.74 Å². The Morgan fingerprint density at radius 1 is 0.955 bits per heavy atom. The monoisotopic (exact) mass is 298 g/mol. The van der Waals surface area contributed by atoms with Crippen LogP contribution in [0.4, 0.5) is 0 Å². The van der Waals surface area contributed by atoms with Crippen molar-refractivity contribution in [3.63, 3.8) is 0 Å². The van der Waals surface area contributed by atoms with Crippen molar-refractivity contribution in [3.8, 4) is 11.6 Å². The zero-order valence-electron chi connectivity index (χ0n) is 14.3. The number of nitrogens with zero attached hydrogens (tertiary/aromatic N) is 2. The number of aryl methyl sites for hydroxylation is 1. The molecule has 0 aliphatic heterocycles. The Morgan fingerprint density at radius 2 is 1.59 bits per heavy atom. The quantitative estimate of drug-likeness (QED) is 0.755. The van der Waals surface area contributed by atoms with Gasteiger partial charge in [-0.3, -0.25) is 4.98 Å². The molecule has 0 N–H and O–H groups in total. The van der Waals surface area contributed by atoms with E-state index < -0.39 is 0 Å². The molecule has 3 nitrogen and oxygen atoms in total. The van der Waals surface area contributed by atoms with Crippen LogP contribution in [0.15, 0.2) is 30.5 Å². The van der Waals surface area contributed by atoms with Gasteiger partial charge in [0.25, 0.3) is 0 Å². The second kappa shape index (κ2) is 7.39. The highest BCUT2D eigenvalue weighted by Crippen LogP contribution is 2.25. The molecule has 0 amide bonds. The Labute approximate surface area is 133 Å². The van der Waals surface area contributed by atoms with Crippen LogP contribution in [0.2, 0.25) is 0 Å². The molecule has 2 aromatic rings. The lowest BCUT2D eigenvalue weighted by atomic mass is 10.1. The van der Waals surface area contributed by atoms with E-state index in [1.165, 1.54) is 5.56 Å². The first-order valence-corrected chi connectivity index (χ1v) is 8.03. The lowest BCUT2D eigenvalue weighted by Gasteiger charge is -2.13. The molecule has 0 atom stereocenters. The average Bonchev–Trinajstić information content (AvgIpc) is 2.43. The summed E-state index contributed by atoms with van der Waals surface area (Å²) in [5, 5.41) is 0. The Hall–Kier alpha value is -1.90. The van der Waals surface area contributed by atoms with Crippen LogP contribution in [0, 0.1) is 18.8 Å². The number of benzene rings is 1. The van der Waals surface area contributed by atoms with Crippen LogP contribution in [0.1, 0.15) is 44.6 Å². The van der Waals surface area contributed by atoms with E-state index in [2.05, 4.69) is 39.6 Å². The van der Waals surface area contributed by atoms with Crippen molar-refractivity contribution in [2.45, 2.75) is 47.5 Å². The third-order valence-corrected chi connectivity index (χ3v) is 3.32. The van der Waals surface area contributed by atoms with Crippen molar-refractivity contribution in [1.29, 1.82) is 0 Å². The maximum Gasteiger partial charge on any atom is 0.241 e. The number of ether oxygens (including phenoxy) is 1. The highest BCUT2D eigenvalue weighted by molar-refractivity contribution is 5.32. The largest absolute Gasteiger partial charge is 0.437 e. The van der Waals surface area contributed by atoms with Crippen molar-refractivity contribution in [2.24, 2.45) is 11.8 Å². The summed E-state index contributed by atoms with van der Waals surface area (Å²) in [7, 11) is 0. The fourth-order valence-electron chi connectivity index (χ4n) is 2.27. The minimum absolute atomic E-state index is 0.519. The van der Waals surface area contributed by atoms with Crippen molar-refractivity contribution in [1.82, 2.24) is 9.97 Å². The second-order valence-electron chi connectivity index (χ2n) is 6.72. The van der Waals surface area contributed by atoms with Gasteiger partial charge >= 0.3 is 0 Å². The van der Waals surface area contributed by atoms with Crippen molar-refractivity contribution in [2.75, 3.05) is 0 Å². The number of hydrogen-bond donors (Lipinski definition) is 0. The molecule has 0 spiro atoms. The van der Waals surface area contributed by atoms with Crippen LogP contribution in [-0.4, -0.2) is 9.97 Å². The van der Waals surface area contributed by atoms with Gasteiger partial charge in [0.05, 0.1) is 5.69 Å². The average molecular weight is 298 g/mol. The summed E-state index contributed by atoms with van der Waals surface area (Å²) >= 11 is 0. The Kier molecular flexibility index (Phi) is 5.53. The molecule has 0 saturated carbocycles. The normalized spacial score (nSPS) is 11.2. The van der Waals surface area contributed by atoms with E-state index in [1.807, 2.05) is 30.5 Å². The molecular weight excluding hydrogens is 272 g/mol. The summed E-state index contributed by atoms with van der Waals surface area (Å²) in [4.78, 5) is 9.30. The molecule has 0 aliphatic carbocycles. The van der Waals surface area contributed by atoms with Gasteiger partial charge in [-0.25, -0.2) is 4.98 Å². The molecule has 1 aromatic heterocycles. The number of rotatable bonds is 6. The first-order chi connectivity index (χ1) is 10.4. The van der Waals surface area contributed by atoms with Gasteiger partial charge in [-0.05, 0) is 43.7 Å². The van der Waals surface area contributed by atoms with Crippen LogP contribution >= 0.6 is 0 Å². The van der Waals surface area contributed by atoms with Gasteiger partial charge in [0.2, 0.25) is 5.88 Å². The summed E-state index contributed by atoms with van der Waals surface area (Å²) in [5.41, 5.74) is 3.14. The summed E-state index contributed by atoms with van der Waals surface area (Å²) in [6.45, 7) is 10.8. The van der Waals surface area contributed by atoms with Crippen molar-refractivity contribution >= 4 is 0 Å². The van der Waals surface area contributed by atoms with Crippen LogP contribution in [0.3, 0.4) is 0 Å². The molecular formula is C19H26N2O. The topological polar surface area (TPSA) is 35.0 Å². The zero-order chi connectivity index (χ0) is 16.1. The third kappa shape index (κ3) is 4.83. The fraction of sp³-hybridized carbons (Fsp3) is 0.474. The fourth-order valence-corrected chi connectivity index (χ4v) is 2.27. The van der Waals surface area contributed by atoms with Crippen LogP contribution in [-0.2, 0) is 12.8 Å². The molecule has 1 aromatic carbocycles. The van der Waals surface area contributed by atoms with Gasteiger partial charge in [-0.1, -0.05) is 45.4 Å². The van der Waals surface area contributed by atoms with Crippen molar-refractivity contribution < 1.29 is 4.74 Å². The van der Waals surface area contributed by atoms with E-state index in [4.69, 9.17) is 9.72 Å². The smallest absolute Gasteiger partial charge is 0.241 e. The van der Waals surface area contributed by atoms with Crippen LogP contribution < -0.4 is 4.74 Å². The van der Waals surface area contributed by atoms with Crippen LogP contribution in [0.25, 0.3) is 0 Å². The van der Waals surface area contributed by atoms with E-state index in [0.717, 1.165) is 30.0 Å². The highest BCUT2D eigenvalue weighted by Gasteiger charge is 2.12. The minimum Gasteiger partial charge on any atom is -0.437 e. The molecule has 0 aliphatic rings. The van der Waals surface area contributed by atoms with Gasteiger partial charge in [0, 0.05) is 6.20 Å². The maximum absolute atomic E-state index is 6.01. The van der Waals surface area contributed by atoms with Crippen molar-refractivity contribution in [3.05, 3.63) is 47.4 Å². The summed E-state index contributed by atoms with van der Waals surface area (Å²) < 4.78 is 6.01. The predicted molar refractivity (Wildman–Crippen MR) is 90.4 cm³/mol. The van der Waals surface area contributed by atoms with E-state index in [9.17, 15) is 0 Å². The SMILES string of the molecule is Cc1ccc(Oc2nc(CC(C)C)cnc2CC(C)C)cc1. The molecule has 2 rings (SSSR count). The van der Waals surface area contributed by atoms with E-state index >= 15 is 0 Å². The predicted octanol–water partition coefficient (Wildman–Crippen LogP) is 4.97. The summed E-state index contributed by atoms with van der Waals surface area (Å²) in [6, 6.07) is 8.04. The minimum atomic E-state index is 0.519. The first kappa shape index (κ1) is 16.5. The molecule has 0 saturated heterocycles. The van der Waals surface area contributed by atoms with E-state index in [0.29, 0.717) is 17.7 Å². The lowest BCUT2D eigenvalue weighted by molar-refractivity contribution is 0.441. The Morgan fingerprint density at radius 3 is 2.18 bits per heavy atom. The molecule has 1 heterocycles. The molecule has 22 heavy (non-hydrogen) atoms. The van der Waals surface area contributed by atoms with Gasteiger partial charge in [0.1, 0.15) is 11.4 Å². The summed E-state index contributed by atoms with van der Waals surface area (Å²) in [6.07, 6.45) is 3.68. The molecule has 0 bridgehead atoms. The van der Waals surface area contributed by atoms with Gasteiger partial charge in [0.15, 0.2) is 0 Å². The standard InChI is InChI=1S/C19H26N2O/c1-13(2)10-16-12-20-18(11-14(3)4)19(21-16)22-17-8-6-15(5)7-9-17/h6-9,12-14H,10-11H2,1-5H3. The Bertz CT molecular complexity index is 603. The molecule has 3 heteroatoms. The molecule has 0 fully saturated rings. The zero-order valence-corrected chi connectivity index (χ0v) is 14.3. The van der Waals surface area contributed by atoms with E-state index in [1.54, 1.807) is 0 Å². The van der Waals surface area contributed by atoms with Gasteiger partial charge in [-0.2, -0.15) is 0 Å². The Balaban J connectivity index is 2.29. The van der Waals surface area contributed by atoms with Crippen LogP contribution in [0.5, 0.6) is 11.6 Å². The highest BCUT2D eigenvalue weighted by atomic mass is 16.5. The molecule has 118 valence electrons. The molecule has 0 radical (unpaired) electrons. The molecule has 0 unspecified atom stereocenters. The summed E-state index contributed by atoms with van der Waals surface area (Å²) in [5.74, 6) is 2.53. The third-order valence-electron chi connectivity index (χ3n) is 3.32. The maximum atomic E-state index is 6.01.